The van der Waals surface area contributed by atoms with Crippen LogP contribution in [0.25, 0.3) is 16.6 Å². The molecule has 0 N–H and O–H groups in total. The first-order valence-electron chi connectivity index (χ1n) is 9.23. The Morgan fingerprint density at radius 3 is 2.93 bits per heavy atom. The number of nitrogens with zero attached hydrogens (tertiary/aromatic N) is 3. The van der Waals surface area contributed by atoms with Crippen molar-refractivity contribution in [3.8, 4) is 0 Å². The van der Waals surface area contributed by atoms with E-state index in [1.54, 1.807) is 33.4 Å². The molecule has 0 radical (unpaired) electrons. The van der Waals surface area contributed by atoms with Gasteiger partial charge in [0.15, 0.2) is 0 Å². The van der Waals surface area contributed by atoms with Crippen molar-refractivity contribution in [3.63, 3.8) is 0 Å². The fourth-order valence-corrected chi connectivity index (χ4v) is 3.74. The van der Waals surface area contributed by atoms with Gasteiger partial charge in [-0.05, 0) is 43.7 Å². The van der Waals surface area contributed by atoms with E-state index in [4.69, 9.17) is 4.74 Å². The lowest BCUT2D eigenvalue weighted by molar-refractivity contribution is -0.138. The van der Waals surface area contributed by atoms with Crippen LogP contribution in [0.15, 0.2) is 41.3 Å². The van der Waals surface area contributed by atoms with Gasteiger partial charge < -0.3 is 18.6 Å². The smallest absolute Gasteiger partial charge is 0.275 e. The zero-order valence-electron chi connectivity index (χ0n) is 15.2. The van der Waals surface area contributed by atoms with Gasteiger partial charge in [-0.1, -0.05) is 0 Å². The first-order chi connectivity index (χ1) is 13.0. The van der Waals surface area contributed by atoms with Crippen LogP contribution in [0.4, 0.5) is 4.39 Å². The van der Waals surface area contributed by atoms with Crippen molar-refractivity contribution < 1.29 is 13.9 Å². The number of amides is 1. The lowest BCUT2D eigenvalue weighted by atomic mass is 10.2. The summed E-state index contributed by atoms with van der Waals surface area (Å²) < 4.78 is 22.6. The fourth-order valence-electron chi connectivity index (χ4n) is 3.74. The van der Waals surface area contributed by atoms with Crippen LogP contribution in [0, 0.1) is 5.82 Å². The molecule has 2 aromatic heterocycles. The second kappa shape index (κ2) is 7.15. The number of carbonyl (C=O) groups is 1. The van der Waals surface area contributed by atoms with Crippen LogP contribution >= 0.6 is 0 Å². The molecule has 0 bridgehead atoms. The van der Waals surface area contributed by atoms with Gasteiger partial charge in [-0.3, -0.25) is 9.59 Å². The van der Waals surface area contributed by atoms with Crippen LogP contribution in [0.2, 0.25) is 0 Å². The molecule has 3 heterocycles. The average Bonchev–Trinajstić information content (AvgIpc) is 3.14. The molecule has 4 rings (SSSR count). The molecular formula is C20H22FN3O3. The summed E-state index contributed by atoms with van der Waals surface area (Å²) in [4.78, 5) is 27.1. The van der Waals surface area contributed by atoms with Crippen LogP contribution in [0.3, 0.4) is 0 Å². The van der Waals surface area contributed by atoms with Gasteiger partial charge in [-0.2, -0.15) is 0 Å². The minimum Gasteiger partial charge on any atom is -0.375 e. The molecule has 1 unspecified atom stereocenters. The summed E-state index contributed by atoms with van der Waals surface area (Å²) in [6, 6.07) is 7.99. The van der Waals surface area contributed by atoms with Crippen molar-refractivity contribution in [3.05, 3.63) is 52.7 Å². The van der Waals surface area contributed by atoms with Crippen molar-refractivity contribution >= 4 is 22.5 Å². The third-order valence-electron chi connectivity index (χ3n) is 5.07. The molecule has 3 aromatic rings. The number of ether oxygens (including phenoxy) is 1. The van der Waals surface area contributed by atoms with Crippen molar-refractivity contribution in [2.24, 2.45) is 0 Å². The Balaban J connectivity index is 1.58. The van der Waals surface area contributed by atoms with E-state index < -0.39 is 0 Å². The number of halogens is 1. The number of fused-ring (bicyclic) bond motifs is 3. The monoisotopic (exact) mass is 371 g/mol. The minimum atomic E-state index is -0.388. The Hall–Kier alpha value is -2.67. The molecule has 1 saturated heterocycles. The highest BCUT2D eigenvalue weighted by Gasteiger charge is 2.21. The normalized spacial score (nSPS) is 17.7. The maximum absolute atomic E-state index is 13.8. The van der Waals surface area contributed by atoms with E-state index in [1.807, 2.05) is 11.8 Å². The maximum Gasteiger partial charge on any atom is 0.275 e. The molecule has 0 spiro atoms. The molecule has 142 valence electrons. The Morgan fingerprint density at radius 1 is 1.26 bits per heavy atom. The molecule has 1 fully saturated rings. The second-order valence-corrected chi connectivity index (χ2v) is 6.98. The van der Waals surface area contributed by atoms with Crippen molar-refractivity contribution in [1.29, 1.82) is 0 Å². The molecule has 1 atom stereocenters. The van der Waals surface area contributed by atoms with E-state index >= 15 is 0 Å². The fraction of sp³-hybridized carbons (Fsp3) is 0.400. The Kier molecular flexibility index (Phi) is 4.70. The number of rotatable bonds is 4. The molecular weight excluding hydrogens is 349 g/mol. The van der Waals surface area contributed by atoms with Gasteiger partial charge in [0.25, 0.3) is 5.56 Å². The number of aromatic nitrogens is 2. The molecule has 7 heteroatoms. The maximum atomic E-state index is 13.8. The van der Waals surface area contributed by atoms with Gasteiger partial charge in [-0.15, -0.1) is 0 Å². The molecule has 27 heavy (non-hydrogen) atoms. The molecule has 1 aliphatic rings. The van der Waals surface area contributed by atoms with Crippen LogP contribution in [0.5, 0.6) is 0 Å². The second-order valence-electron chi connectivity index (χ2n) is 6.98. The van der Waals surface area contributed by atoms with Gasteiger partial charge in [-0.25, -0.2) is 4.39 Å². The summed E-state index contributed by atoms with van der Waals surface area (Å²) in [5, 5.41) is 0. The van der Waals surface area contributed by atoms with Crippen molar-refractivity contribution in [1.82, 2.24) is 13.9 Å². The van der Waals surface area contributed by atoms with E-state index in [0.29, 0.717) is 50.1 Å². The van der Waals surface area contributed by atoms with E-state index in [9.17, 15) is 14.0 Å². The number of carbonyl (C=O) groups excluding carboxylic acids is 1. The third-order valence-corrected chi connectivity index (χ3v) is 5.07. The SMILES string of the molecule is CC1CN(C(=O)CCCn2c(=O)c3cccn3c3ccc(F)cc32)CCO1. The highest BCUT2D eigenvalue weighted by Crippen LogP contribution is 2.17. The quantitative estimate of drug-likeness (QED) is 0.708. The lowest BCUT2D eigenvalue weighted by Crippen LogP contribution is -2.44. The lowest BCUT2D eigenvalue weighted by Gasteiger charge is -2.31. The number of morpholine rings is 1. The predicted molar refractivity (Wildman–Crippen MR) is 100 cm³/mol. The Labute approximate surface area is 155 Å². The van der Waals surface area contributed by atoms with Crippen molar-refractivity contribution in [2.45, 2.75) is 32.4 Å². The summed E-state index contributed by atoms with van der Waals surface area (Å²) >= 11 is 0. The number of aryl methyl sites for hydroxylation is 1. The average molecular weight is 371 g/mol. The standard InChI is InChI=1S/C20H22FN3O3/c1-14-13-22(10-11-27-14)19(25)5-3-9-24-18-12-15(21)6-7-16(18)23-8-2-4-17(23)20(24)26/h2,4,6-8,12,14H,3,5,9-11,13H2,1H3. The minimum absolute atomic E-state index is 0.0500. The molecule has 1 aromatic carbocycles. The first kappa shape index (κ1) is 17.7. The Morgan fingerprint density at radius 2 is 2.11 bits per heavy atom. The van der Waals surface area contributed by atoms with Crippen molar-refractivity contribution in [2.75, 3.05) is 19.7 Å². The van der Waals surface area contributed by atoms with Crippen LogP contribution in [-0.2, 0) is 16.1 Å². The van der Waals surface area contributed by atoms with Gasteiger partial charge in [0.05, 0.1) is 23.7 Å². The highest BCUT2D eigenvalue weighted by molar-refractivity contribution is 5.79. The van der Waals surface area contributed by atoms with Gasteiger partial charge in [0, 0.05) is 32.3 Å². The molecule has 6 nitrogen and oxygen atoms in total. The number of hydrogen-bond acceptors (Lipinski definition) is 3. The van der Waals surface area contributed by atoms with Crippen LogP contribution < -0.4 is 5.56 Å². The van der Waals surface area contributed by atoms with E-state index in [-0.39, 0.29) is 23.4 Å². The van der Waals surface area contributed by atoms with E-state index in [0.717, 1.165) is 5.52 Å². The zero-order chi connectivity index (χ0) is 19.0. The number of hydrogen-bond donors (Lipinski definition) is 0. The molecule has 0 saturated carbocycles. The summed E-state index contributed by atoms with van der Waals surface area (Å²) in [6.07, 6.45) is 2.72. The topological polar surface area (TPSA) is 56.0 Å². The molecule has 1 amide bonds. The molecule has 1 aliphatic heterocycles. The van der Waals surface area contributed by atoms with E-state index in [1.165, 1.54) is 12.1 Å². The number of benzene rings is 1. The van der Waals surface area contributed by atoms with Gasteiger partial charge in [0.1, 0.15) is 11.3 Å². The first-order valence-corrected chi connectivity index (χ1v) is 9.23. The van der Waals surface area contributed by atoms with Gasteiger partial charge in [0.2, 0.25) is 5.91 Å². The third kappa shape index (κ3) is 3.35. The zero-order valence-corrected chi connectivity index (χ0v) is 15.2. The highest BCUT2D eigenvalue weighted by atomic mass is 19.1. The summed E-state index contributed by atoms with van der Waals surface area (Å²) in [5.74, 6) is -0.321. The predicted octanol–water partition coefficient (Wildman–Crippen LogP) is 2.42. The Bertz CT molecular complexity index is 1060. The van der Waals surface area contributed by atoms with Crippen LogP contribution in [-0.4, -0.2) is 45.6 Å². The van der Waals surface area contributed by atoms with Crippen LogP contribution in [0.1, 0.15) is 19.8 Å². The largest absolute Gasteiger partial charge is 0.375 e. The summed E-state index contributed by atoms with van der Waals surface area (Å²) in [5.41, 5.74) is 1.67. The molecule has 0 aliphatic carbocycles. The van der Waals surface area contributed by atoms with E-state index in [2.05, 4.69) is 0 Å². The summed E-state index contributed by atoms with van der Waals surface area (Å²) in [6.45, 7) is 4.08. The summed E-state index contributed by atoms with van der Waals surface area (Å²) in [7, 11) is 0. The van der Waals surface area contributed by atoms with Gasteiger partial charge >= 0.3 is 0 Å².